The second-order valence-electron chi connectivity index (χ2n) is 5.49. The molecule has 0 spiro atoms. The van der Waals surface area contributed by atoms with Gasteiger partial charge in [0.2, 0.25) is 0 Å². The van der Waals surface area contributed by atoms with Gasteiger partial charge < -0.3 is 10.3 Å². The Kier molecular flexibility index (Phi) is 4.37. The van der Waals surface area contributed by atoms with Crippen LogP contribution in [0.3, 0.4) is 0 Å². The topological polar surface area (TPSA) is 27.8 Å². The van der Waals surface area contributed by atoms with Crippen molar-refractivity contribution in [2.24, 2.45) is 0 Å². The van der Waals surface area contributed by atoms with E-state index in [0.29, 0.717) is 6.04 Å². The number of benzene rings is 2. The first-order valence-electron chi connectivity index (χ1n) is 7.72. The molecule has 1 unspecified atom stereocenters. The fraction of sp³-hybridized carbons (Fsp3) is 0.263. The van der Waals surface area contributed by atoms with E-state index < -0.39 is 0 Å². The number of aromatic amines is 1. The maximum atomic E-state index is 3.72. The number of rotatable bonds is 6. The summed E-state index contributed by atoms with van der Waals surface area (Å²) in [4.78, 5) is 3.28. The minimum Gasteiger partial charge on any atom is -0.361 e. The van der Waals surface area contributed by atoms with Gasteiger partial charge in [-0.1, -0.05) is 55.8 Å². The predicted octanol–water partition coefficient (Wildman–Crippen LogP) is 4.80. The average Bonchev–Trinajstić information content (AvgIpc) is 3.01. The third kappa shape index (κ3) is 3.17. The van der Waals surface area contributed by atoms with E-state index in [0.717, 1.165) is 13.0 Å². The highest BCUT2D eigenvalue weighted by atomic mass is 14.9. The van der Waals surface area contributed by atoms with Gasteiger partial charge in [-0.25, -0.2) is 0 Å². The Morgan fingerprint density at radius 1 is 1.00 bits per heavy atom. The zero-order valence-corrected chi connectivity index (χ0v) is 12.5. The van der Waals surface area contributed by atoms with Gasteiger partial charge in [-0.15, -0.1) is 0 Å². The molecule has 0 aliphatic rings. The molecule has 1 atom stereocenters. The number of nitrogens with one attached hydrogen (secondary N) is 2. The molecule has 0 aliphatic carbocycles. The zero-order valence-electron chi connectivity index (χ0n) is 12.5. The molecular weight excluding hydrogens is 256 g/mol. The van der Waals surface area contributed by atoms with Gasteiger partial charge in [0.1, 0.15) is 0 Å². The van der Waals surface area contributed by atoms with E-state index in [1.54, 1.807) is 0 Å². The minimum atomic E-state index is 0.422. The Morgan fingerprint density at radius 2 is 1.86 bits per heavy atom. The molecule has 2 N–H and O–H groups in total. The number of fused-ring (bicyclic) bond motifs is 1. The van der Waals surface area contributed by atoms with E-state index >= 15 is 0 Å². The van der Waals surface area contributed by atoms with Crippen LogP contribution in [0.1, 0.15) is 36.9 Å². The Hall–Kier alpha value is -2.06. The molecular formula is C19H22N2. The van der Waals surface area contributed by atoms with Gasteiger partial charge in [0.25, 0.3) is 0 Å². The first kappa shape index (κ1) is 13.9. The maximum absolute atomic E-state index is 3.72. The van der Waals surface area contributed by atoms with Crippen molar-refractivity contribution < 1.29 is 0 Å². The van der Waals surface area contributed by atoms with Gasteiger partial charge in [0, 0.05) is 29.7 Å². The van der Waals surface area contributed by atoms with Crippen LogP contribution in [0.2, 0.25) is 0 Å². The van der Waals surface area contributed by atoms with Crippen molar-refractivity contribution >= 4 is 10.9 Å². The van der Waals surface area contributed by atoms with Gasteiger partial charge in [0.15, 0.2) is 0 Å². The fourth-order valence-corrected chi connectivity index (χ4v) is 2.90. The molecule has 1 heterocycles. The molecule has 0 bridgehead atoms. The van der Waals surface area contributed by atoms with Gasteiger partial charge in [0.05, 0.1) is 0 Å². The molecule has 2 nitrogen and oxygen atoms in total. The van der Waals surface area contributed by atoms with Crippen LogP contribution in [0.15, 0.2) is 60.8 Å². The molecule has 0 amide bonds. The standard InChI is InChI=1S/C19H22N2/c1-2-7-18(15-8-4-3-5-9-15)21-14-16-10-6-11-19-17(16)12-13-20-19/h3-6,8-13,18,20-21H,2,7,14H2,1H3. The van der Waals surface area contributed by atoms with Crippen molar-refractivity contribution in [3.05, 3.63) is 71.9 Å². The van der Waals surface area contributed by atoms with E-state index in [2.05, 4.69) is 71.8 Å². The summed E-state index contributed by atoms with van der Waals surface area (Å²) in [5, 5.41) is 5.03. The van der Waals surface area contributed by atoms with Crippen molar-refractivity contribution in [2.45, 2.75) is 32.4 Å². The largest absolute Gasteiger partial charge is 0.361 e. The molecule has 0 saturated carbocycles. The lowest BCUT2D eigenvalue weighted by molar-refractivity contribution is 0.494. The summed E-state index contributed by atoms with van der Waals surface area (Å²) >= 11 is 0. The van der Waals surface area contributed by atoms with Crippen LogP contribution < -0.4 is 5.32 Å². The second kappa shape index (κ2) is 6.59. The van der Waals surface area contributed by atoms with Crippen LogP contribution in [0.25, 0.3) is 10.9 Å². The van der Waals surface area contributed by atoms with Gasteiger partial charge >= 0.3 is 0 Å². The lowest BCUT2D eigenvalue weighted by atomic mass is 10.0. The predicted molar refractivity (Wildman–Crippen MR) is 89.2 cm³/mol. The molecule has 1 aromatic heterocycles. The van der Waals surface area contributed by atoms with Crippen LogP contribution in [0, 0.1) is 0 Å². The van der Waals surface area contributed by atoms with Gasteiger partial charge in [-0.2, -0.15) is 0 Å². The maximum Gasteiger partial charge on any atom is 0.0457 e. The fourth-order valence-electron chi connectivity index (χ4n) is 2.90. The second-order valence-corrected chi connectivity index (χ2v) is 5.49. The first-order valence-corrected chi connectivity index (χ1v) is 7.72. The van der Waals surface area contributed by atoms with Crippen LogP contribution in [0.5, 0.6) is 0 Å². The smallest absolute Gasteiger partial charge is 0.0457 e. The molecule has 0 saturated heterocycles. The van der Waals surface area contributed by atoms with Crippen molar-refractivity contribution in [3.8, 4) is 0 Å². The highest BCUT2D eigenvalue weighted by molar-refractivity contribution is 5.82. The third-order valence-electron chi connectivity index (χ3n) is 4.00. The quantitative estimate of drug-likeness (QED) is 0.666. The zero-order chi connectivity index (χ0) is 14.5. The van der Waals surface area contributed by atoms with E-state index in [9.17, 15) is 0 Å². The summed E-state index contributed by atoms with van der Waals surface area (Å²) in [7, 11) is 0. The molecule has 2 aromatic carbocycles. The van der Waals surface area contributed by atoms with Crippen molar-refractivity contribution in [1.82, 2.24) is 10.3 Å². The van der Waals surface area contributed by atoms with Crippen molar-refractivity contribution in [3.63, 3.8) is 0 Å². The van der Waals surface area contributed by atoms with E-state index in [4.69, 9.17) is 0 Å². The summed E-state index contributed by atoms with van der Waals surface area (Å²) in [6.45, 7) is 3.14. The van der Waals surface area contributed by atoms with Crippen molar-refractivity contribution in [2.75, 3.05) is 0 Å². The summed E-state index contributed by atoms with van der Waals surface area (Å²) < 4.78 is 0. The van der Waals surface area contributed by atoms with Gasteiger partial charge in [-0.05, 0) is 29.7 Å². The van der Waals surface area contributed by atoms with Gasteiger partial charge in [-0.3, -0.25) is 0 Å². The average molecular weight is 278 g/mol. The molecule has 0 radical (unpaired) electrons. The van der Waals surface area contributed by atoms with E-state index in [1.807, 2.05) is 6.20 Å². The number of hydrogen-bond donors (Lipinski definition) is 2. The number of H-pyrrole nitrogens is 1. The molecule has 0 fully saturated rings. The summed E-state index contributed by atoms with van der Waals surface area (Å²) in [6.07, 6.45) is 4.35. The Morgan fingerprint density at radius 3 is 2.67 bits per heavy atom. The van der Waals surface area contributed by atoms with Crippen LogP contribution in [0.4, 0.5) is 0 Å². The Bertz CT molecular complexity index is 685. The lowest BCUT2D eigenvalue weighted by Gasteiger charge is -2.19. The Labute approximate surface area is 126 Å². The molecule has 3 rings (SSSR count). The highest BCUT2D eigenvalue weighted by Gasteiger charge is 2.10. The molecule has 0 aliphatic heterocycles. The SMILES string of the molecule is CCCC(NCc1cccc2[nH]ccc12)c1ccccc1. The highest BCUT2D eigenvalue weighted by Crippen LogP contribution is 2.21. The van der Waals surface area contributed by atoms with Crippen LogP contribution in [-0.4, -0.2) is 4.98 Å². The molecule has 108 valence electrons. The summed E-state index contributed by atoms with van der Waals surface area (Å²) in [6, 6.07) is 19.8. The van der Waals surface area contributed by atoms with Crippen LogP contribution >= 0.6 is 0 Å². The monoisotopic (exact) mass is 278 g/mol. The number of aromatic nitrogens is 1. The Balaban J connectivity index is 1.76. The van der Waals surface area contributed by atoms with Crippen molar-refractivity contribution in [1.29, 1.82) is 0 Å². The molecule has 2 heteroatoms. The first-order chi connectivity index (χ1) is 10.4. The van der Waals surface area contributed by atoms with E-state index in [1.165, 1.54) is 28.5 Å². The molecule has 3 aromatic rings. The summed E-state index contributed by atoms with van der Waals surface area (Å²) in [5.74, 6) is 0. The number of hydrogen-bond acceptors (Lipinski definition) is 1. The molecule has 21 heavy (non-hydrogen) atoms. The van der Waals surface area contributed by atoms with Crippen LogP contribution in [-0.2, 0) is 6.54 Å². The van der Waals surface area contributed by atoms with E-state index in [-0.39, 0.29) is 0 Å². The lowest BCUT2D eigenvalue weighted by Crippen LogP contribution is -2.20. The third-order valence-corrected chi connectivity index (χ3v) is 4.00. The normalized spacial score (nSPS) is 12.6. The summed E-state index contributed by atoms with van der Waals surface area (Å²) in [5.41, 5.74) is 3.94. The minimum absolute atomic E-state index is 0.422.